The summed E-state index contributed by atoms with van der Waals surface area (Å²) in [6.07, 6.45) is 0. The maximum atomic E-state index is 10.2. The third-order valence-electron chi connectivity index (χ3n) is 4.26. The minimum atomic E-state index is 0.0337. The Hall–Kier alpha value is -2.95. The summed E-state index contributed by atoms with van der Waals surface area (Å²) in [7, 11) is 1.62. The van der Waals surface area contributed by atoms with Crippen LogP contribution < -0.4 is 10.1 Å². The molecular formula is C22H15Cl2NO3. The van der Waals surface area contributed by atoms with E-state index in [1.807, 2.05) is 24.3 Å². The maximum Gasteiger partial charge on any atom is 0.141 e. The molecule has 6 heteroatoms. The number of halogens is 2. The zero-order chi connectivity index (χ0) is 19.7. The number of aromatic hydroxyl groups is 1. The van der Waals surface area contributed by atoms with Crippen molar-refractivity contribution in [2.75, 3.05) is 7.11 Å². The molecule has 0 aliphatic carbocycles. The third kappa shape index (κ3) is 3.70. The topological polar surface area (TPSA) is 55.0 Å². The first-order chi connectivity index (χ1) is 13.5. The van der Waals surface area contributed by atoms with E-state index in [1.54, 1.807) is 43.5 Å². The Labute approximate surface area is 171 Å². The number of benzene rings is 3. The first kappa shape index (κ1) is 18.4. The molecule has 0 fully saturated rings. The van der Waals surface area contributed by atoms with Crippen LogP contribution in [-0.4, -0.2) is 12.2 Å². The molecule has 0 atom stereocenters. The van der Waals surface area contributed by atoms with Crippen LogP contribution in [-0.2, 0) is 0 Å². The van der Waals surface area contributed by atoms with Gasteiger partial charge in [0, 0.05) is 27.1 Å². The molecule has 4 aromatic rings. The SMILES string of the molecule is COc1ccc(-c2cc(=Nc3cc(Cl)ccc3O)c3cc(Cl)ccc3o2)cc1. The van der Waals surface area contributed by atoms with E-state index >= 15 is 0 Å². The average molecular weight is 412 g/mol. The number of hydrogen-bond acceptors (Lipinski definition) is 4. The molecule has 0 unspecified atom stereocenters. The maximum absolute atomic E-state index is 10.2. The van der Waals surface area contributed by atoms with Gasteiger partial charge in [0.25, 0.3) is 0 Å². The van der Waals surface area contributed by atoms with Gasteiger partial charge in [0.15, 0.2) is 0 Å². The molecule has 1 aromatic heterocycles. The number of hydrogen-bond donors (Lipinski definition) is 1. The summed E-state index contributed by atoms with van der Waals surface area (Å²) in [6, 6.07) is 19.4. The molecule has 28 heavy (non-hydrogen) atoms. The van der Waals surface area contributed by atoms with Gasteiger partial charge in [0.2, 0.25) is 0 Å². The van der Waals surface area contributed by atoms with Crippen molar-refractivity contribution in [2.24, 2.45) is 4.99 Å². The van der Waals surface area contributed by atoms with Crippen molar-refractivity contribution >= 4 is 39.9 Å². The van der Waals surface area contributed by atoms with Gasteiger partial charge < -0.3 is 14.3 Å². The Morgan fingerprint density at radius 2 is 1.61 bits per heavy atom. The Bertz CT molecular complexity index is 1230. The first-order valence-electron chi connectivity index (χ1n) is 8.44. The van der Waals surface area contributed by atoms with Crippen molar-refractivity contribution in [1.29, 1.82) is 0 Å². The fourth-order valence-electron chi connectivity index (χ4n) is 2.85. The highest BCUT2D eigenvalue weighted by Gasteiger charge is 2.09. The third-order valence-corrected chi connectivity index (χ3v) is 4.73. The van der Waals surface area contributed by atoms with Crippen LogP contribution in [0.15, 0.2) is 76.1 Å². The zero-order valence-electron chi connectivity index (χ0n) is 14.8. The first-order valence-corrected chi connectivity index (χ1v) is 9.20. The van der Waals surface area contributed by atoms with Gasteiger partial charge in [-0.15, -0.1) is 0 Å². The molecule has 4 nitrogen and oxygen atoms in total. The van der Waals surface area contributed by atoms with Crippen LogP contribution in [0.25, 0.3) is 22.3 Å². The second kappa shape index (κ2) is 7.58. The predicted octanol–water partition coefficient (Wildman–Crippen LogP) is 6.35. The van der Waals surface area contributed by atoms with Crippen LogP contribution in [0.2, 0.25) is 10.0 Å². The van der Waals surface area contributed by atoms with Crippen LogP contribution in [0.4, 0.5) is 5.69 Å². The minimum absolute atomic E-state index is 0.0337. The van der Waals surface area contributed by atoms with Crippen LogP contribution >= 0.6 is 23.2 Å². The lowest BCUT2D eigenvalue weighted by atomic mass is 10.1. The summed E-state index contributed by atoms with van der Waals surface area (Å²) in [5, 5.41) is 12.5. The van der Waals surface area contributed by atoms with Gasteiger partial charge in [0.1, 0.15) is 28.5 Å². The fraction of sp³-hybridized carbons (Fsp3) is 0.0455. The molecule has 4 rings (SSSR count). The van der Waals surface area contributed by atoms with Gasteiger partial charge in [0.05, 0.1) is 12.5 Å². The number of phenols is 1. The molecule has 0 amide bonds. The largest absolute Gasteiger partial charge is 0.506 e. The van der Waals surface area contributed by atoms with Crippen molar-refractivity contribution in [3.8, 4) is 22.8 Å². The molecule has 0 spiro atoms. The number of phenolic OH excluding ortho intramolecular Hbond substituents is 1. The number of ether oxygens (including phenoxy) is 1. The van der Waals surface area contributed by atoms with Gasteiger partial charge >= 0.3 is 0 Å². The summed E-state index contributed by atoms with van der Waals surface area (Å²) in [6.45, 7) is 0. The Kier molecular flexibility index (Phi) is 4.99. The smallest absolute Gasteiger partial charge is 0.141 e. The van der Waals surface area contributed by atoms with Crippen LogP contribution in [0.3, 0.4) is 0 Å². The Morgan fingerprint density at radius 3 is 2.36 bits per heavy atom. The number of rotatable bonds is 3. The highest BCUT2D eigenvalue weighted by molar-refractivity contribution is 6.31. The van der Waals surface area contributed by atoms with Crippen molar-refractivity contribution in [3.05, 3.63) is 82.1 Å². The molecular weight excluding hydrogens is 397 g/mol. The summed E-state index contributed by atoms with van der Waals surface area (Å²) >= 11 is 12.2. The molecule has 0 aliphatic heterocycles. The monoisotopic (exact) mass is 411 g/mol. The molecule has 0 bridgehead atoms. The quantitative estimate of drug-likeness (QED) is 0.426. The highest BCUT2D eigenvalue weighted by atomic mass is 35.5. The number of fused-ring (bicyclic) bond motifs is 1. The predicted molar refractivity (Wildman–Crippen MR) is 112 cm³/mol. The minimum Gasteiger partial charge on any atom is -0.506 e. The summed E-state index contributed by atoms with van der Waals surface area (Å²) in [5.74, 6) is 1.41. The lowest BCUT2D eigenvalue weighted by molar-refractivity contribution is 0.415. The highest BCUT2D eigenvalue weighted by Crippen LogP contribution is 2.30. The standard InChI is InChI=1S/C22H15Cl2NO3/c1-27-16-6-2-13(3-7-16)22-12-18(17-10-14(23)5-9-21(17)28-22)25-19-11-15(24)4-8-20(19)26/h2-12,26H,1H3. The van der Waals surface area contributed by atoms with Crippen LogP contribution in [0, 0.1) is 0 Å². The normalized spacial score (nSPS) is 11.8. The van der Waals surface area contributed by atoms with Crippen LogP contribution in [0.1, 0.15) is 0 Å². The average Bonchev–Trinajstić information content (AvgIpc) is 2.71. The van der Waals surface area contributed by atoms with E-state index in [9.17, 15) is 5.11 Å². The Morgan fingerprint density at radius 1 is 0.893 bits per heavy atom. The zero-order valence-corrected chi connectivity index (χ0v) is 16.3. The second-order valence-corrected chi connectivity index (χ2v) is 6.98. The van der Waals surface area contributed by atoms with Crippen molar-refractivity contribution in [2.45, 2.75) is 0 Å². The van der Waals surface area contributed by atoms with E-state index in [1.165, 1.54) is 6.07 Å². The molecule has 3 aromatic carbocycles. The summed E-state index contributed by atoms with van der Waals surface area (Å²) in [4.78, 5) is 4.61. The van der Waals surface area contributed by atoms with E-state index in [0.29, 0.717) is 32.4 Å². The molecule has 1 heterocycles. The Balaban J connectivity index is 1.98. The van der Waals surface area contributed by atoms with E-state index in [-0.39, 0.29) is 5.75 Å². The molecule has 1 N–H and O–H groups in total. The summed E-state index contributed by atoms with van der Waals surface area (Å²) < 4.78 is 11.3. The van der Waals surface area contributed by atoms with Gasteiger partial charge in [-0.25, -0.2) is 4.99 Å². The molecule has 0 saturated carbocycles. The second-order valence-electron chi connectivity index (χ2n) is 6.11. The van der Waals surface area contributed by atoms with E-state index in [2.05, 4.69) is 4.99 Å². The molecule has 0 radical (unpaired) electrons. The number of nitrogens with zero attached hydrogens (tertiary/aromatic N) is 1. The fourth-order valence-corrected chi connectivity index (χ4v) is 3.19. The van der Waals surface area contributed by atoms with Crippen molar-refractivity contribution < 1.29 is 14.3 Å². The van der Waals surface area contributed by atoms with Crippen molar-refractivity contribution in [3.63, 3.8) is 0 Å². The van der Waals surface area contributed by atoms with Crippen LogP contribution in [0.5, 0.6) is 11.5 Å². The lowest BCUT2D eigenvalue weighted by Crippen LogP contribution is -2.03. The van der Waals surface area contributed by atoms with Gasteiger partial charge in [-0.1, -0.05) is 23.2 Å². The van der Waals surface area contributed by atoms with Gasteiger partial charge in [-0.05, 0) is 60.7 Å². The van der Waals surface area contributed by atoms with Gasteiger partial charge in [-0.2, -0.15) is 0 Å². The molecule has 0 saturated heterocycles. The van der Waals surface area contributed by atoms with E-state index < -0.39 is 0 Å². The number of methoxy groups -OCH3 is 1. The lowest BCUT2D eigenvalue weighted by Gasteiger charge is -2.07. The molecule has 140 valence electrons. The van der Waals surface area contributed by atoms with E-state index in [0.717, 1.165) is 16.7 Å². The summed E-state index contributed by atoms with van der Waals surface area (Å²) in [5.41, 5.74) is 1.85. The van der Waals surface area contributed by atoms with Crippen molar-refractivity contribution in [1.82, 2.24) is 0 Å². The molecule has 0 aliphatic rings. The van der Waals surface area contributed by atoms with Gasteiger partial charge in [-0.3, -0.25) is 0 Å². The van der Waals surface area contributed by atoms with E-state index in [4.69, 9.17) is 32.4 Å².